The highest BCUT2D eigenvalue weighted by Gasteiger charge is 2.30. The lowest BCUT2D eigenvalue weighted by molar-refractivity contribution is 0.112. The molecule has 0 aliphatic heterocycles. The minimum absolute atomic E-state index is 0.510. The number of anilines is 2. The van der Waals surface area contributed by atoms with Crippen LogP contribution in [-0.4, -0.2) is 17.8 Å². The fourth-order valence-electron chi connectivity index (χ4n) is 2.46. The van der Waals surface area contributed by atoms with Gasteiger partial charge in [-0.1, -0.05) is 29.5 Å². The van der Waals surface area contributed by atoms with Crippen LogP contribution >= 0.6 is 11.3 Å². The summed E-state index contributed by atoms with van der Waals surface area (Å²) in [5.74, 6) is 0.510. The molecule has 4 heteroatoms. The Morgan fingerprint density at radius 1 is 1.40 bits per heavy atom. The van der Waals surface area contributed by atoms with Crippen LogP contribution in [0, 0.1) is 6.92 Å². The molecule has 20 heavy (non-hydrogen) atoms. The lowest BCUT2D eigenvalue weighted by Crippen LogP contribution is -2.16. The number of carbonyl (C=O) groups excluding carboxylic acids is 1. The number of aldehydes is 1. The second-order valence-corrected chi connectivity index (χ2v) is 6.18. The van der Waals surface area contributed by atoms with Crippen molar-refractivity contribution in [1.29, 1.82) is 0 Å². The Hall–Kier alpha value is -1.68. The molecule has 1 fully saturated rings. The molecule has 1 aliphatic carbocycles. The Bertz CT molecular complexity index is 631. The van der Waals surface area contributed by atoms with E-state index in [1.165, 1.54) is 35.4 Å². The highest BCUT2D eigenvalue weighted by molar-refractivity contribution is 7.17. The van der Waals surface area contributed by atoms with Crippen molar-refractivity contribution in [2.45, 2.75) is 32.6 Å². The normalized spacial score (nSPS) is 14.3. The third-order valence-electron chi connectivity index (χ3n) is 3.69. The lowest BCUT2D eigenvalue weighted by atomic mass is 10.2. The first kappa shape index (κ1) is 13.3. The van der Waals surface area contributed by atoms with E-state index in [9.17, 15) is 4.79 Å². The standard InChI is InChI=1S/C16H18N2OS/c1-3-18(13-7-5-4-6-11(13)2)16-17-15(12-8-9-12)14(10-19)20-16/h4-7,10,12H,3,8-9H2,1-2H3. The van der Waals surface area contributed by atoms with Crippen molar-refractivity contribution in [3.63, 3.8) is 0 Å². The van der Waals surface area contributed by atoms with Gasteiger partial charge in [-0.2, -0.15) is 0 Å². The van der Waals surface area contributed by atoms with Crippen LogP contribution in [0.5, 0.6) is 0 Å². The van der Waals surface area contributed by atoms with E-state index in [1.54, 1.807) is 0 Å². The van der Waals surface area contributed by atoms with Crippen molar-refractivity contribution in [1.82, 2.24) is 4.98 Å². The maximum atomic E-state index is 11.2. The molecular weight excluding hydrogens is 268 g/mol. The monoisotopic (exact) mass is 286 g/mol. The molecule has 1 heterocycles. The van der Waals surface area contributed by atoms with Gasteiger partial charge in [0.25, 0.3) is 0 Å². The first-order valence-electron chi connectivity index (χ1n) is 7.03. The number of benzene rings is 1. The number of aromatic nitrogens is 1. The van der Waals surface area contributed by atoms with Crippen molar-refractivity contribution in [2.24, 2.45) is 0 Å². The van der Waals surface area contributed by atoms with Gasteiger partial charge in [0.15, 0.2) is 11.4 Å². The number of nitrogens with zero attached hydrogens (tertiary/aromatic N) is 2. The zero-order valence-electron chi connectivity index (χ0n) is 11.8. The molecule has 0 amide bonds. The molecule has 1 aromatic heterocycles. The van der Waals surface area contributed by atoms with Gasteiger partial charge in [0.2, 0.25) is 0 Å². The fourth-order valence-corrected chi connectivity index (χ4v) is 3.50. The Labute approximate surface area is 123 Å². The Kier molecular flexibility index (Phi) is 3.57. The first-order valence-corrected chi connectivity index (χ1v) is 7.85. The summed E-state index contributed by atoms with van der Waals surface area (Å²) in [6.07, 6.45) is 3.29. The third kappa shape index (κ3) is 2.36. The van der Waals surface area contributed by atoms with Crippen LogP contribution < -0.4 is 4.90 Å². The largest absolute Gasteiger partial charge is 0.318 e. The molecule has 1 aliphatic rings. The van der Waals surface area contributed by atoms with E-state index in [0.717, 1.165) is 28.5 Å². The van der Waals surface area contributed by atoms with Crippen LogP contribution in [0.3, 0.4) is 0 Å². The minimum Gasteiger partial charge on any atom is -0.318 e. The summed E-state index contributed by atoms with van der Waals surface area (Å²) in [5, 5.41) is 0.936. The van der Waals surface area contributed by atoms with Gasteiger partial charge in [0.05, 0.1) is 10.6 Å². The van der Waals surface area contributed by atoms with Gasteiger partial charge in [-0.05, 0) is 38.3 Å². The molecule has 1 saturated carbocycles. The van der Waals surface area contributed by atoms with Crippen molar-refractivity contribution >= 4 is 28.4 Å². The van der Waals surface area contributed by atoms with Crippen LogP contribution in [0.1, 0.15) is 46.6 Å². The molecule has 3 rings (SSSR count). The number of aryl methyl sites for hydroxylation is 1. The second kappa shape index (κ2) is 5.37. The molecule has 0 spiro atoms. The number of rotatable bonds is 5. The SMILES string of the molecule is CCN(c1nc(C2CC2)c(C=O)s1)c1ccccc1C. The zero-order chi connectivity index (χ0) is 14.1. The lowest BCUT2D eigenvalue weighted by Gasteiger charge is -2.21. The van der Waals surface area contributed by atoms with Crippen LogP contribution in [0.15, 0.2) is 24.3 Å². The maximum Gasteiger partial charge on any atom is 0.190 e. The number of hydrogen-bond donors (Lipinski definition) is 0. The molecule has 0 bridgehead atoms. The van der Waals surface area contributed by atoms with Gasteiger partial charge in [-0.15, -0.1) is 0 Å². The minimum atomic E-state index is 0.510. The number of para-hydroxylation sites is 1. The smallest absolute Gasteiger partial charge is 0.190 e. The molecule has 0 unspecified atom stereocenters. The topological polar surface area (TPSA) is 33.2 Å². The predicted molar refractivity (Wildman–Crippen MR) is 83.3 cm³/mol. The van der Waals surface area contributed by atoms with E-state index in [0.29, 0.717) is 5.92 Å². The maximum absolute atomic E-state index is 11.2. The predicted octanol–water partition coefficient (Wildman–Crippen LogP) is 4.30. The average Bonchev–Trinajstić information content (AvgIpc) is 3.22. The van der Waals surface area contributed by atoms with Crippen molar-refractivity contribution in [2.75, 3.05) is 11.4 Å². The third-order valence-corrected chi connectivity index (χ3v) is 4.71. The Morgan fingerprint density at radius 2 is 2.15 bits per heavy atom. The Morgan fingerprint density at radius 3 is 2.75 bits per heavy atom. The summed E-state index contributed by atoms with van der Waals surface area (Å²) in [4.78, 5) is 19.0. The summed E-state index contributed by atoms with van der Waals surface area (Å²) in [6.45, 7) is 5.07. The number of carbonyl (C=O) groups is 1. The average molecular weight is 286 g/mol. The second-order valence-electron chi connectivity index (χ2n) is 5.17. The number of hydrogen-bond acceptors (Lipinski definition) is 4. The van der Waals surface area contributed by atoms with Gasteiger partial charge >= 0.3 is 0 Å². The quantitative estimate of drug-likeness (QED) is 0.768. The molecule has 0 atom stereocenters. The van der Waals surface area contributed by atoms with E-state index in [1.807, 2.05) is 12.1 Å². The molecule has 0 saturated heterocycles. The summed E-state index contributed by atoms with van der Waals surface area (Å²) in [5.41, 5.74) is 3.40. The van der Waals surface area contributed by atoms with Gasteiger partial charge in [0.1, 0.15) is 0 Å². The van der Waals surface area contributed by atoms with Gasteiger partial charge < -0.3 is 4.90 Å². The first-order chi connectivity index (χ1) is 9.74. The highest BCUT2D eigenvalue weighted by atomic mass is 32.1. The van der Waals surface area contributed by atoms with Gasteiger partial charge in [-0.25, -0.2) is 4.98 Å². The summed E-state index contributed by atoms with van der Waals surface area (Å²) >= 11 is 1.51. The van der Waals surface area contributed by atoms with E-state index < -0.39 is 0 Å². The van der Waals surface area contributed by atoms with E-state index in [-0.39, 0.29) is 0 Å². The fraction of sp³-hybridized carbons (Fsp3) is 0.375. The van der Waals surface area contributed by atoms with Gasteiger partial charge in [0, 0.05) is 18.2 Å². The molecule has 3 nitrogen and oxygen atoms in total. The zero-order valence-corrected chi connectivity index (χ0v) is 12.6. The molecule has 104 valence electrons. The van der Waals surface area contributed by atoms with E-state index in [4.69, 9.17) is 4.98 Å². The van der Waals surface area contributed by atoms with Crippen LogP contribution in [0.2, 0.25) is 0 Å². The van der Waals surface area contributed by atoms with Crippen molar-refractivity contribution in [3.8, 4) is 0 Å². The van der Waals surface area contributed by atoms with E-state index in [2.05, 4.69) is 30.9 Å². The highest BCUT2D eigenvalue weighted by Crippen LogP contribution is 2.44. The molecule has 1 aromatic carbocycles. The number of thiazole rings is 1. The van der Waals surface area contributed by atoms with Crippen molar-refractivity contribution in [3.05, 3.63) is 40.4 Å². The van der Waals surface area contributed by atoms with Gasteiger partial charge in [-0.3, -0.25) is 4.79 Å². The van der Waals surface area contributed by atoms with Crippen LogP contribution in [0.4, 0.5) is 10.8 Å². The molecular formula is C16H18N2OS. The van der Waals surface area contributed by atoms with E-state index >= 15 is 0 Å². The van der Waals surface area contributed by atoms with Crippen molar-refractivity contribution < 1.29 is 4.79 Å². The molecule has 0 radical (unpaired) electrons. The summed E-state index contributed by atoms with van der Waals surface area (Å²) < 4.78 is 0. The Balaban J connectivity index is 2.01. The summed E-state index contributed by atoms with van der Waals surface area (Å²) in [6, 6.07) is 8.30. The van der Waals surface area contributed by atoms with Crippen LogP contribution in [-0.2, 0) is 0 Å². The molecule has 0 N–H and O–H groups in total. The van der Waals surface area contributed by atoms with Crippen LogP contribution in [0.25, 0.3) is 0 Å². The summed E-state index contributed by atoms with van der Waals surface area (Å²) in [7, 11) is 0. The molecule has 2 aromatic rings.